The van der Waals surface area contributed by atoms with Crippen LogP contribution in [0.3, 0.4) is 0 Å². The molecule has 0 aliphatic rings. The Morgan fingerprint density at radius 1 is 1.25 bits per heavy atom. The molecule has 0 spiro atoms. The number of aliphatic hydroxyl groups excluding tert-OH is 3. The predicted molar refractivity (Wildman–Crippen MR) is 36.4 cm³/mol. The number of aliphatic hydroxyl groups is 3. The van der Waals surface area contributed by atoms with Crippen LogP contribution in [-0.2, 0) is 9.59 Å². The number of carboxylic acid groups (broad SMARTS) is 1. The Kier molecular flexibility index (Phi) is 4.42. The normalized spacial score (nSPS) is 15.2. The fourth-order valence-electron chi connectivity index (χ4n) is 0.599. The number of hydrogen-bond acceptors (Lipinski definition) is 5. The molecule has 2 atom stereocenters. The Hall–Kier alpha value is -0.980. The molecular weight excluding hydrogens is 168 g/mol. The summed E-state index contributed by atoms with van der Waals surface area (Å²) in [5.74, 6) is -2.32. The fraction of sp³-hybridized carbons (Fsp3) is 0.667. The molecule has 0 amide bonds. The van der Waals surface area contributed by atoms with Crippen LogP contribution in [0.2, 0.25) is 0 Å². The molecule has 0 aliphatic heterocycles. The van der Waals surface area contributed by atoms with Gasteiger partial charge in [-0.15, -0.1) is 0 Å². The Balaban J connectivity index is 4.00. The van der Waals surface area contributed by atoms with E-state index in [1.807, 2.05) is 0 Å². The molecule has 0 aromatic heterocycles. The minimum atomic E-state index is -1.83. The first-order valence-electron chi connectivity index (χ1n) is 3.20. The van der Waals surface area contributed by atoms with Gasteiger partial charge in [0.2, 0.25) is 0 Å². The minimum Gasteiger partial charge on any atom is -0.481 e. The van der Waals surface area contributed by atoms with Gasteiger partial charge in [-0.25, -0.2) is 0 Å². The largest absolute Gasteiger partial charge is 0.481 e. The topological polar surface area (TPSA) is 115 Å². The monoisotopic (exact) mass is 178 g/mol. The van der Waals surface area contributed by atoms with Crippen LogP contribution in [0.5, 0.6) is 0 Å². The van der Waals surface area contributed by atoms with E-state index in [0.29, 0.717) is 0 Å². The zero-order chi connectivity index (χ0) is 9.72. The molecule has 0 aromatic rings. The van der Waals surface area contributed by atoms with Gasteiger partial charge in [0, 0.05) is 0 Å². The van der Waals surface area contributed by atoms with Gasteiger partial charge in [-0.05, 0) is 0 Å². The molecule has 0 aliphatic carbocycles. The van der Waals surface area contributed by atoms with Crippen molar-refractivity contribution in [3.63, 3.8) is 0 Å². The first-order valence-corrected chi connectivity index (χ1v) is 3.20. The van der Waals surface area contributed by atoms with Crippen LogP contribution in [0.15, 0.2) is 0 Å². The van der Waals surface area contributed by atoms with Crippen molar-refractivity contribution in [2.45, 2.75) is 18.6 Å². The molecule has 2 unspecified atom stereocenters. The fourth-order valence-corrected chi connectivity index (χ4v) is 0.599. The maximum Gasteiger partial charge on any atom is 0.306 e. The lowest BCUT2D eigenvalue weighted by Gasteiger charge is -2.12. The Morgan fingerprint density at radius 2 is 1.75 bits per heavy atom. The average Bonchev–Trinajstić information content (AvgIpc) is 2.00. The van der Waals surface area contributed by atoms with Gasteiger partial charge < -0.3 is 20.4 Å². The summed E-state index contributed by atoms with van der Waals surface area (Å²) in [6.07, 6.45) is -4.22. The van der Waals surface area contributed by atoms with E-state index in [9.17, 15) is 9.59 Å². The minimum absolute atomic E-state index is 0.729. The lowest BCUT2D eigenvalue weighted by atomic mass is 10.1. The van der Waals surface area contributed by atoms with Crippen LogP contribution in [0.4, 0.5) is 0 Å². The van der Waals surface area contributed by atoms with Crippen LogP contribution in [0.1, 0.15) is 6.42 Å². The van der Waals surface area contributed by atoms with Gasteiger partial charge in [0.25, 0.3) is 0 Å². The van der Waals surface area contributed by atoms with E-state index in [2.05, 4.69) is 0 Å². The van der Waals surface area contributed by atoms with E-state index >= 15 is 0 Å². The van der Waals surface area contributed by atoms with Crippen molar-refractivity contribution in [1.29, 1.82) is 0 Å². The zero-order valence-electron chi connectivity index (χ0n) is 6.17. The predicted octanol–water partition coefficient (Wildman–Crippen LogP) is -2.26. The van der Waals surface area contributed by atoms with Gasteiger partial charge >= 0.3 is 5.97 Å². The second kappa shape index (κ2) is 4.81. The molecule has 0 fully saturated rings. The van der Waals surface area contributed by atoms with E-state index in [-0.39, 0.29) is 0 Å². The summed E-state index contributed by atoms with van der Waals surface area (Å²) in [7, 11) is 0. The summed E-state index contributed by atoms with van der Waals surface area (Å²) in [6.45, 7) is -0.919. The van der Waals surface area contributed by atoms with Crippen LogP contribution >= 0.6 is 0 Å². The number of rotatable bonds is 5. The van der Waals surface area contributed by atoms with Crippen molar-refractivity contribution in [1.82, 2.24) is 0 Å². The number of Topliss-reactive ketones (excluding diaryl/α,β-unsaturated/α-hetero) is 1. The number of carboxylic acids is 1. The summed E-state index contributed by atoms with van der Waals surface area (Å²) < 4.78 is 0. The van der Waals surface area contributed by atoms with Crippen molar-refractivity contribution >= 4 is 11.8 Å². The highest BCUT2D eigenvalue weighted by Gasteiger charge is 2.25. The molecule has 0 rings (SSSR count). The molecule has 0 aromatic carbocycles. The molecule has 12 heavy (non-hydrogen) atoms. The molecule has 0 heterocycles. The van der Waals surface area contributed by atoms with Gasteiger partial charge in [0.05, 0.1) is 12.5 Å². The second-order valence-electron chi connectivity index (χ2n) is 2.23. The number of carbonyl (C=O) groups is 2. The first-order chi connectivity index (χ1) is 5.49. The summed E-state index contributed by atoms with van der Waals surface area (Å²) in [4.78, 5) is 20.5. The third kappa shape index (κ3) is 3.42. The average molecular weight is 178 g/mol. The van der Waals surface area contributed by atoms with Gasteiger partial charge in [-0.1, -0.05) is 0 Å². The first kappa shape index (κ1) is 11.0. The summed E-state index contributed by atoms with van der Waals surface area (Å²) in [5.41, 5.74) is 0. The van der Waals surface area contributed by atoms with E-state index in [1.54, 1.807) is 0 Å². The number of carbonyl (C=O) groups excluding carboxylic acids is 1. The molecule has 4 N–H and O–H groups in total. The van der Waals surface area contributed by atoms with Crippen molar-refractivity contribution in [3.05, 3.63) is 0 Å². The molecule has 0 saturated heterocycles. The zero-order valence-corrected chi connectivity index (χ0v) is 6.17. The Bertz CT molecular complexity index is 177. The SMILES string of the molecule is O=C(O)CC(O)C(O)C(=O)CO. The van der Waals surface area contributed by atoms with Crippen LogP contribution in [0, 0.1) is 0 Å². The second-order valence-corrected chi connectivity index (χ2v) is 2.23. The summed E-state index contributed by atoms with van der Waals surface area (Å²) in [5, 5.41) is 34.0. The highest BCUT2D eigenvalue weighted by atomic mass is 16.4. The molecule has 0 saturated carbocycles. The maximum absolute atomic E-state index is 10.5. The van der Waals surface area contributed by atoms with Crippen molar-refractivity contribution in [3.8, 4) is 0 Å². The maximum atomic E-state index is 10.5. The van der Waals surface area contributed by atoms with Gasteiger partial charge in [0.1, 0.15) is 12.7 Å². The smallest absolute Gasteiger partial charge is 0.306 e. The van der Waals surface area contributed by atoms with Crippen molar-refractivity contribution in [2.75, 3.05) is 6.61 Å². The molecule has 0 radical (unpaired) electrons. The lowest BCUT2D eigenvalue weighted by Crippen LogP contribution is -2.37. The lowest BCUT2D eigenvalue weighted by molar-refractivity contribution is -0.144. The number of aliphatic carboxylic acids is 1. The third-order valence-corrected chi connectivity index (χ3v) is 1.23. The van der Waals surface area contributed by atoms with Crippen molar-refractivity contribution in [2.24, 2.45) is 0 Å². The van der Waals surface area contributed by atoms with E-state index in [1.165, 1.54) is 0 Å². The Morgan fingerprint density at radius 3 is 2.08 bits per heavy atom. The summed E-state index contributed by atoms with van der Waals surface area (Å²) >= 11 is 0. The van der Waals surface area contributed by atoms with E-state index in [0.717, 1.165) is 0 Å². The van der Waals surface area contributed by atoms with Crippen LogP contribution in [-0.4, -0.2) is 51.0 Å². The molecule has 6 heteroatoms. The number of ketones is 1. The highest BCUT2D eigenvalue weighted by molar-refractivity contribution is 5.85. The van der Waals surface area contributed by atoms with Crippen molar-refractivity contribution < 1.29 is 30.0 Å². The van der Waals surface area contributed by atoms with E-state index in [4.69, 9.17) is 20.4 Å². The molecular formula is C6H10O6. The number of hydrogen-bond donors (Lipinski definition) is 4. The summed E-state index contributed by atoms with van der Waals surface area (Å²) in [6, 6.07) is 0. The van der Waals surface area contributed by atoms with Gasteiger partial charge in [0.15, 0.2) is 5.78 Å². The molecule has 6 nitrogen and oxygen atoms in total. The standard InChI is InChI=1S/C6H10O6/c7-2-4(9)6(12)3(8)1-5(10)11/h3,6-8,12H,1-2H2,(H,10,11). The van der Waals surface area contributed by atoms with Crippen LogP contribution in [0.25, 0.3) is 0 Å². The highest BCUT2D eigenvalue weighted by Crippen LogP contribution is 1.99. The van der Waals surface area contributed by atoms with Crippen LogP contribution < -0.4 is 0 Å². The van der Waals surface area contributed by atoms with E-state index < -0.39 is 37.0 Å². The molecule has 70 valence electrons. The van der Waals surface area contributed by atoms with Gasteiger partial charge in [-0.2, -0.15) is 0 Å². The quantitative estimate of drug-likeness (QED) is 0.378. The molecule has 0 bridgehead atoms. The Labute approximate surface area is 68.1 Å². The third-order valence-electron chi connectivity index (χ3n) is 1.23. The van der Waals surface area contributed by atoms with Gasteiger partial charge in [-0.3, -0.25) is 9.59 Å².